The first-order chi connectivity index (χ1) is 3.56. The maximum atomic E-state index is 9.84. The fourth-order valence-electron chi connectivity index (χ4n) is 0.153. The zero-order valence-corrected chi connectivity index (χ0v) is 6.43. The minimum Gasteiger partial charge on any atom is -0.303 e. The smallest absolute Gasteiger partial charge is 0.303 e. The Labute approximate surface area is 55.2 Å². The molecule has 0 saturated heterocycles. The molecule has 0 rings (SSSR count). The van der Waals surface area contributed by atoms with Gasteiger partial charge in [-0.2, -0.15) is 0 Å². The van der Waals surface area contributed by atoms with Crippen LogP contribution < -0.4 is 0 Å². The third-order valence-electron chi connectivity index (χ3n) is 0.337. The molecule has 0 aliphatic carbocycles. The minimum atomic E-state index is -4.21. The van der Waals surface area contributed by atoms with Crippen molar-refractivity contribution in [2.45, 2.75) is 0 Å². The summed E-state index contributed by atoms with van der Waals surface area (Å²) in [5.74, 6) is 0. The summed E-state index contributed by atoms with van der Waals surface area (Å²) in [4.78, 5) is 16.0. The standard InChI is InChI=1S/C2H6BrO4P/c3-1-2-7-8(4,5)6/h1-2H2,(H2,4,5,6). The normalized spacial score (nSPS) is 11.9. The number of rotatable bonds is 3. The third-order valence-corrected chi connectivity index (χ3v) is 1.18. The maximum Gasteiger partial charge on any atom is 0.469 e. The van der Waals surface area contributed by atoms with Crippen molar-refractivity contribution in [2.75, 3.05) is 11.9 Å². The Hall–Kier alpha value is 0.590. The Bertz CT molecular complexity index is 98.2. The van der Waals surface area contributed by atoms with Gasteiger partial charge in [-0.05, 0) is 0 Å². The van der Waals surface area contributed by atoms with Crippen LogP contribution in [0.2, 0.25) is 0 Å². The molecule has 6 heteroatoms. The van der Waals surface area contributed by atoms with Crippen LogP contribution in [0, 0.1) is 0 Å². The summed E-state index contributed by atoms with van der Waals surface area (Å²) in [6, 6.07) is 0. The van der Waals surface area contributed by atoms with Crippen LogP contribution in [0.1, 0.15) is 0 Å². The van der Waals surface area contributed by atoms with Crippen LogP contribution in [0.4, 0.5) is 0 Å². The van der Waals surface area contributed by atoms with E-state index in [1.807, 2.05) is 0 Å². The van der Waals surface area contributed by atoms with E-state index in [2.05, 4.69) is 20.5 Å². The zero-order valence-electron chi connectivity index (χ0n) is 3.95. The number of alkyl halides is 1. The van der Waals surface area contributed by atoms with Crippen LogP contribution in [0.3, 0.4) is 0 Å². The van der Waals surface area contributed by atoms with Gasteiger partial charge in [0.1, 0.15) is 0 Å². The average Bonchev–Trinajstić information content (AvgIpc) is 1.59. The fourth-order valence-corrected chi connectivity index (χ4v) is 0.895. The summed E-state index contributed by atoms with van der Waals surface area (Å²) in [6.45, 7) is 0.0320. The Morgan fingerprint density at radius 2 is 2.12 bits per heavy atom. The molecule has 0 radical (unpaired) electrons. The molecular weight excluding hydrogens is 199 g/mol. The van der Waals surface area contributed by atoms with E-state index in [0.717, 1.165) is 0 Å². The molecule has 0 fully saturated rings. The van der Waals surface area contributed by atoms with Gasteiger partial charge in [0, 0.05) is 5.33 Å². The first-order valence-electron chi connectivity index (χ1n) is 1.82. The number of phosphoric ester groups is 1. The number of hydrogen-bond acceptors (Lipinski definition) is 2. The number of halogens is 1. The average molecular weight is 205 g/mol. The van der Waals surface area contributed by atoms with Gasteiger partial charge in [0.15, 0.2) is 0 Å². The predicted octanol–water partition coefficient (Wildman–Crippen LogP) is 0.491. The monoisotopic (exact) mass is 204 g/mol. The summed E-state index contributed by atoms with van der Waals surface area (Å²) in [6.07, 6.45) is 0. The van der Waals surface area contributed by atoms with Gasteiger partial charge in [0.05, 0.1) is 6.61 Å². The topological polar surface area (TPSA) is 66.8 Å². The van der Waals surface area contributed by atoms with Gasteiger partial charge in [0.25, 0.3) is 0 Å². The first kappa shape index (κ1) is 8.59. The van der Waals surface area contributed by atoms with Crippen molar-refractivity contribution in [3.05, 3.63) is 0 Å². The van der Waals surface area contributed by atoms with E-state index in [-0.39, 0.29) is 6.61 Å². The van der Waals surface area contributed by atoms with Crippen molar-refractivity contribution >= 4 is 23.8 Å². The van der Waals surface area contributed by atoms with Crippen LogP contribution in [0.25, 0.3) is 0 Å². The molecule has 0 heterocycles. The maximum absolute atomic E-state index is 9.84. The lowest BCUT2D eigenvalue weighted by Gasteiger charge is -2.00. The molecule has 4 nitrogen and oxygen atoms in total. The second kappa shape index (κ2) is 3.58. The minimum absolute atomic E-state index is 0.0320. The lowest BCUT2D eigenvalue weighted by molar-refractivity contribution is 0.208. The highest BCUT2D eigenvalue weighted by Gasteiger charge is 2.11. The van der Waals surface area contributed by atoms with Gasteiger partial charge in [-0.25, -0.2) is 4.57 Å². The fraction of sp³-hybridized carbons (Fsp3) is 1.00. The van der Waals surface area contributed by atoms with Gasteiger partial charge in [-0.1, -0.05) is 15.9 Å². The molecule has 0 unspecified atom stereocenters. The van der Waals surface area contributed by atoms with Gasteiger partial charge in [-0.15, -0.1) is 0 Å². The van der Waals surface area contributed by atoms with Crippen LogP contribution in [-0.2, 0) is 9.09 Å². The lowest BCUT2D eigenvalue weighted by atomic mass is 10.9. The van der Waals surface area contributed by atoms with E-state index in [9.17, 15) is 4.57 Å². The quantitative estimate of drug-likeness (QED) is 0.519. The number of phosphoric acid groups is 1. The van der Waals surface area contributed by atoms with Crippen molar-refractivity contribution in [3.63, 3.8) is 0 Å². The molecule has 2 N–H and O–H groups in total. The van der Waals surface area contributed by atoms with Crippen molar-refractivity contribution in [1.82, 2.24) is 0 Å². The molecular formula is C2H6BrO4P. The summed E-state index contributed by atoms with van der Waals surface area (Å²) in [5, 5.41) is 0.429. The molecule has 0 aliphatic heterocycles. The Kier molecular flexibility index (Phi) is 3.85. The van der Waals surface area contributed by atoms with E-state index in [1.54, 1.807) is 0 Å². The number of hydrogen-bond donors (Lipinski definition) is 2. The predicted molar refractivity (Wildman–Crippen MR) is 31.8 cm³/mol. The van der Waals surface area contributed by atoms with Crippen molar-refractivity contribution in [2.24, 2.45) is 0 Å². The Balaban J connectivity index is 3.26. The van der Waals surface area contributed by atoms with E-state index >= 15 is 0 Å². The van der Waals surface area contributed by atoms with Gasteiger partial charge >= 0.3 is 7.82 Å². The van der Waals surface area contributed by atoms with Gasteiger partial charge in [0.2, 0.25) is 0 Å². The van der Waals surface area contributed by atoms with Gasteiger partial charge < -0.3 is 9.79 Å². The lowest BCUT2D eigenvalue weighted by Crippen LogP contribution is -1.91. The summed E-state index contributed by atoms with van der Waals surface area (Å²) in [5.41, 5.74) is 0. The molecule has 0 aromatic carbocycles. The summed E-state index contributed by atoms with van der Waals surface area (Å²) >= 11 is 2.93. The summed E-state index contributed by atoms with van der Waals surface area (Å²) < 4.78 is 13.8. The van der Waals surface area contributed by atoms with Crippen molar-refractivity contribution in [3.8, 4) is 0 Å². The second-order valence-corrected chi connectivity index (χ2v) is 3.05. The zero-order chi connectivity index (χ0) is 6.62. The molecule has 50 valence electrons. The largest absolute Gasteiger partial charge is 0.469 e. The molecule has 0 spiro atoms. The molecule has 0 aliphatic rings. The van der Waals surface area contributed by atoms with Crippen molar-refractivity contribution < 1.29 is 18.9 Å². The van der Waals surface area contributed by atoms with Crippen LogP contribution in [0.15, 0.2) is 0 Å². The van der Waals surface area contributed by atoms with Crippen LogP contribution >= 0.6 is 23.8 Å². The van der Waals surface area contributed by atoms with Crippen LogP contribution in [0.5, 0.6) is 0 Å². The third kappa shape index (κ3) is 6.59. The van der Waals surface area contributed by atoms with E-state index in [1.165, 1.54) is 0 Å². The molecule has 0 amide bonds. The Morgan fingerprint density at radius 1 is 1.62 bits per heavy atom. The van der Waals surface area contributed by atoms with Gasteiger partial charge in [-0.3, -0.25) is 4.52 Å². The molecule has 0 atom stereocenters. The van der Waals surface area contributed by atoms with E-state index in [0.29, 0.717) is 5.33 Å². The highest BCUT2D eigenvalue weighted by Crippen LogP contribution is 2.35. The molecule has 0 saturated carbocycles. The molecule has 0 bridgehead atoms. The Morgan fingerprint density at radius 3 is 2.25 bits per heavy atom. The van der Waals surface area contributed by atoms with Crippen LogP contribution in [-0.4, -0.2) is 21.7 Å². The van der Waals surface area contributed by atoms with E-state index in [4.69, 9.17) is 9.79 Å². The summed E-state index contributed by atoms with van der Waals surface area (Å²) in [7, 11) is -4.21. The second-order valence-electron chi connectivity index (χ2n) is 1.01. The van der Waals surface area contributed by atoms with Crippen molar-refractivity contribution in [1.29, 1.82) is 0 Å². The highest BCUT2D eigenvalue weighted by molar-refractivity contribution is 9.09. The molecule has 8 heavy (non-hydrogen) atoms. The molecule has 0 aromatic heterocycles. The first-order valence-corrected chi connectivity index (χ1v) is 4.47. The SMILES string of the molecule is O=P(O)(O)OCCBr. The molecule has 0 aromatic rings. The van der Waals surface area contributed by atoms with E-state index < -0.39 is 7.82 Å². The highest BCUT2D eigenvalue weighted by atomic mass is 79.9.